The zero-order valence-corrected chi connectivity index (χ0v) is 21.6. The molecule has 0 spiro atoms. The van der Waals surface area contributed by atoms with Crippen molar-refractivity contribution in [3.8, 4) is 0 Å². The number of amides is 1. The number of rotatable bonds is 7. The third kappa shape index (κ3) is 5.24. The maximum atomic E-state index is 13.8. The number of piperidine rings is 1. The number of nitrogens with zero attached hydrogens (tertiary/aromatic N) is 1. The smallest absolute Gasteiger partial charge is 0.261 e. The first-order valence-corrected chi connectivity index (χ1v) is 14.1. The molecule has 1 heterocycles. The van der Waals surface area contributed by atoms with E-state index < -0.39 is 20.0 Å². The second-order valence-corrected chi connectivity index (χ2v) is 14.6. The highest BCUT2D eigenvalue weighted by Crippen LogP contribution is 2.37. The van der Waals surface area contributed by atoms with Gasteiger partial charge in [0.05, 0.1) is 12.6 Å². The van der Waals surface area contributed by atoms with Crippen LogP contribution in [0.1, 0.15) is 45.6 Å². The molecule has 35 heavy (non-hydrogen) atoms. The van der Waals surface area contributed by atoms with Crippen LogP contribution in [0.15, 0.2) is 78.9 Å². The average Bonchev–Trinajstić information content (AvgIpc) is 2.84. The van der Waals surface area contributed by atoms with Gasteiger partial charge in [0.2, 0.25) is 5.91 Å². The van der Waals surface area contributed by atoms with Gasteiger partial charge in [0, 0.05) is 13.0 Å². The highest BCUT2D eigenvalue weighted by molar-refractivity contribution is 6.99. The van der Waals surface area contributed by atoms with Gasteiger partial charge in [-0.15, -0.1) is 0 Å². The van der Waals surface area contributed by atoms with E-state index in [1.54, 1.807) is 11.0 Å². The summed E-state index contributed by atoms with van der Waals surface area (Å²) in [6, 6.07) is 24.5. The van der Waals surface area contributed by atoms with E-state index in [0.29, 0.717) is 18.6 Å². The lowest BCUT2D eigenvalue weighted by molar-refractivity contribution is -0.138. The maximum absolute atomic E-state index is 13.8. The zero-order chi connectivity index (χ0) is 25.1. The summed E-state index contributed by atoms with van der Waals surface area (Å²) in [4.78, 5) is 14.7. The van der Waals surface area contributed by atoms with E-state index in [0.717, 1.165) is 18.9 Å². The number of benzene rings is 3. The van der Waals surface area contributed by atoms with Crippen molar-refractivity contribution >= 4 is 24.6 Å². The molecule has 1 atom stereocenters. The van der Waals surface area contributed by atoms with Gasteiger partial charge in [-0.1, -0.05) is 87.5 Å². The lowest BCUT2D eigenvalue weighted by Crippen LogP contribution is -2.67. The molecule has 0 unspecified atom stereocenters. The summed E-state index contributed by atoms with van der Waals surface area (Å²) in [6.07, 6.45) is 2.06. The van der Waals surface area contributed by atoms with E-state index in [4.69, 9.17) is 4.43 Å². The van der Waals surface area contributed by atoms with Gasteiger partial charge in [-0.3, -0.25) is 4.79 Å². The van der Waals surface area contributed by atoms with Crippen LogP contribution in [0.5, 0.6) is 0 Å². The molecule has 1 saturated heterocycles. The molecule has 4 rings (SSSR count). The van der Waals surface area contributed by atoms with Gasteiger partial charge in [0.1, 0.15) is 0 Å². The number of hydrogen-bond donors (Lipinski definition) is 0. The minimum atomic E-state index is -2.74. The Morgan fingerprint density at radius 1 is 0.914 bits per heavy atom. The zero-order valence-electron chi connectivity index (χ0n) is 20.6. The standard InChI is InChI=1S/C29H33F2NO2Si/c1-29(2,3)35(24-12-6-4-7-13-24,25-14-8-5-9-15-25)34-21-23-11-10-16-28(33)32(23)20-22-17-18-26(30)27(31)19-22/h4-9,12-15,17-19,23H,10-11,16,20-21H2,1-3H3/t23-/m1/s1. The van der Waals surface area contributed by atoms with Crippen molar-refractivity contribution in [2.45, 2.75) is 57.7 Å². The summed E-state index contributed by atoms with van der Waals surface area (Å²) < 4.78 is 34.4. The molecule has 0 saturated carbocycles. The molecule has 1 amide bonds. The Kier molecular flexibility index (Phi) is 7.52. The number of hydrogen-bond acceptors (Lipinski definition) is 2. The Balaban J connectivity index is 1.67. The molecule has 3 aromatic rings. The van der Waals surface area contributed by atoms with Gasteiger partial charge in [-0.2, -0.15) is 0 Å². The van der Waals surface area contributed by atoms with Crippen molar-refractivity contribution in [3.63, 3.8) is 0 Å². The maximum Gasteiger partial charge on any atom is 0.261 e. The monoisotopic (exact) mass is 493 g/mol. The topological polar surface area (TPSA) is 29.5 Å². The first-order valence-electron chi connectivity index (χ1n) is 12.2. The quantitative estimate of drug-likeness (QED) is 0.411. The van der Waals surface area contributed by atoms with Crippen LogP contribution in [0.25, 0.3) is 0 Å². The average molecular weight is 494 g/mol. The van der Waals surface area contributed by atoms with Crippen LogP contribution < -0.4 is 10.4 Å². The summed E-state index contributed by atoms with van der Waals surface area (Å²) in [5, 5.41) is 2.21. The number of carbonyl (C=O) groups excluding carboxylic acids is 1. The summed E-state index contributed by atoms with van der Waals surface area (Å²) in [7, 11) is -2.74. The molecule has 0 bridgehead atoms. The van der Waals surface area contributed by atoms with Crippen LogP contribution in [0, 0.1) is 11.6 Å². The van der Waals surface area contributed by atoms with E-state index in [1.807, 2.05) is 12.1 Å². The van der Waals surface area contributed by atoms with Gasteiger partial charge >= 0.3 is 0 Å². The fourth-order valence-corrected chi connectivity index (χ4v) is 9.80. The number of halogens is 2. The second kappa shape index (κ2) is 10.4. The molecule has 1 aliphatic rings. The van der Waals surface area contributed by atoms with Crippen molar-refractivity contribution in [3.05, 3.63) is 96.1 Å². The summed E-state index contributed by atoms with van der Waals surface area (Å²) >= 11 is 0. The van der Waals surface area contributed by atoms with Gasteiger partial charge < -0.3 is 9.33 Å². The van der Waals surface area contributed by atoms with Gasteiger partial charge in [0.25, 0.3) is 8.32 Å². The van der Waals surface area contributed by atoms with Gasteiger partial charge in [-0.05, 0) is 45.9 Å². The van der Waals surface area contributed by atoms with Crippen molar-refractivity contribution in [1.82, 2.24) is 4.90 Å². The Labute approximate surface area is 207 Å². The van der Waals surface area contributed by atoms with Crippen LogP contribution in [0.3, 0.4) is 0 Å². The van der Waals surface area contributed by atoms with Crippen LogP contribution in [-0.2, 0) is 15.8 Å². The highest BCUT2D eigenvalue weighted by Gasteiger charge is 2.50. The SMILES string of the molecule is CC(C)(C)[Si](OC[C@H]1CCCC(=O)N1Cc1ccc(F)c(F)c1)(c1ccccc1)c1ccccc1. The van der Waals surface area contributed by atoms with Gasteiger partial charge in [0.15, 0.2) is 11.6 Å². The molecule has 0 N–H and O–H groups in total. The molecule has 184 valence electrons. The van der Waals surface area contributed by atoms with Crippen LogP contribution in [0.4, 0.5) is 8.78 Å². The molecule has 1 fully saturated rings. The minimum Gasteiger partial charge on any atom is -0.405 e. The fourth-order valence-electron chi connectivity index (χ4n) is 5.20. The Hall–Kier alpha value is -2.83. The first-order chi connectivity index (χ1) is 16.7. The van der Waals surface area contributed by atoms with E-state index in [1.165, 1.54) is 16.4 Å². The predicted molar refractivity (Wildman–Crippen MR) is 138 cm³/mol. The predicted octanol–water partition coefficient (Wildman–Crippen LogP) is 5.42. The van der Waals surface area contributed by atoms with E-state index in [2.05, 4.69) is 69.3 Å². The second-order valence-electron chi connectivity index (χ2n) is 10.3. The third-order valence-corrected chi connectivity index (χ3v) is 11.9. The van der Waals surface area contributed by atoms with Crippen LogP contribution in [-0.4, -0.2) is 31.8 Å². The molecular formula is C29H33F2NO2Si. The van der Waals surface area contributed by atoms with E-state index in [-0.39, 0.29) is 23.5 Å². The molecule has 0 aliphatic carbocycles. The lowest BCUT2D eigenvalue weighted by Gasteiger charge is -2.45. The Morgan fingerprint density at radius 2 is 1.51 bits per heavy atom. The molecule has 1 aliphatic heterocycles. The molecule has 0 aromatic heterocycles. The minimum absolute atomic E-state index is 0.0250. The van der Waals surface area contributed by atoms with E-state index in [9.17, 15) is 13.6 Å². The highest BCUT2D eigenvalue weighted by atomic mass is 28.4. The van der Waals surface area contributed by atoms with Crippen LogP contribution in [0.2, 0.25) is 5.04 Å². The normalized spacial score (nSPS) is 17.0. The number of likely N-dealkylation sites (tertiary alicyclic amines) is 1. The largest absolute Gasteiger partial charge is 0.405 e. The summed E-state index contributed by atoms with van der Waals surface area (Å²) in [6.45, 7) is 7.31. The lowest BCUT2D eigenvalue weighted by atomic mass is 10.0. The Morgan fingerprint density at radius 3 is 2.06 bits per heavy atom. The third-order valence-electron chi connectivity index (χ3n) is 6.94. The fraction of sp³-hybridized carbons (Fsp3) is 0.345. The number of carbonyl (C=O) groups is 1. The van der Waals surface area contributed by atoms with Gasteiger partial charge in [-0.25, -0.2) is 8.78 Å². The van der Waals surface area contributed by atoms with Crippen molar-refractivity contribution in [2.75, 3.05) is 6.61 Å². The molecule has 6 heteroatoms. The summed E-state index contributed by atoms with van der Waals surface area (Å²) in [5.74, 6) is -1.76. The van der Waals surface area contributed by atoms with E-state index >= 15 is 0 Å². The molecule has 3 aromatic carbocycles. The molecule has 0 radical (unpaired) electrons. The van der Waals surface area contributed by atoms with Crippen molar-refractivity contribution in [2.24, 2.45) is 0 Å². The van der Waals surface area contributed by atoms with Crippen molar-refractivity contribution in [1.29, 1.82) is 0 Å². The molecule has 3 nitrogen and oxygen atoms in total. The van der Waals surface area contributed by atoms with Crippen LogP contribution >= 0.6 is 0 Å². The Bertz CT molecular complexity index is 1110. The van der Waals surface area contributed by atoms with Crippen molar-refractivity contribution < 1.29 is 18.0 Å². The first kappa shape index (κ1) is 25.3. The molecular weight excluding hydrogens is 460 g/mol. The summed E-state index contributed by atoms with van der Waals surface area (Å²) in [5.41, 5.74) is 0.578.